The van der Waals surface area contributed by atoms with Crippen LogP contribution in [0.5, 0.6) is 0 Å². The first-order chi connectivity index (χ1) is 15.8. The van der Waals surface area contributed by atoms with Gasteiger partial charge in [0.15, 0.2) is 0 Å². The Bertz CT molecular complexity index is 985. The van der Waals surface area contributed by atoms with E-state index in [-0.39, 0.29) is 23.9 Å². The van der Waals surface area contributed by atoms with Crippen LogP contribution in [0.25, 0.3) is 0 Å². The molecule has 33 heavy (non-hydrogen) atoms. The fourth-order valence-electron chi connectivity index (χ4n) is 5.29. The van der Waals surface area contributed by atoms with Crippen LogP contribution < -0.4 is 0 Å². The SMILES string of the molecule is Cc1ccccc1[C@@H]1c2ccsc2CCN1CCC(=O)N1CCN(C(=O)CC(C)C)[C@H](C)C1. The number of amides is 2. The van der Waals surface area contributed by atoms with Gasteiger partial charge in [-0.05, 0) is 54.3 Å². The van der Waals surface area contributed by atoms with Crippen LogP contribution in [0.4, 0.5) is 0 Å². The van der Waals surface area contributed by atoms with Crippen molar-refractivity contribution in [2.75, 3.05) is 32.7 Å². The minimum absolute atomic E-state index is 0.0806. The second kappa shape index (κ2) is 10.4. The van der Waals surface area contributed by atoms with Gasteiger partial charge < -0.3 is 9.80 Å². The quantitative estimate of drug-likeness (QED) is 0.628. The van der Waals surface area contributed by atoms with Crippen molar-refractivity contribution in [3.63, 3.8) is 0 Å². The van der Waals surface area contributed by atoms with E-state index in [1.54, 1.807) is 0 Å². The average Bonchev–Trinajstić information content (AvgIpc) is 3.26. The largest absolute Gasteiger partial charge is 0.339 e. The minimum atomic E-state index is 0.0806. The average molecular weight is 468 g/mol. The summed E-state index contributed by atoms with van der Waals surface area (Å²) < 4.78 is 0. The van der Waals surface area contributed by atoms with Crippen LogP contribution in [0.3, 0.4) is 0 Å². The smallest absolute Gasteiger partial charge is 0.223 e. The lowest BCUT2D eigenvalue weighted by atomic mass is 9.90. The van der Waals surface area contributed by atoms with E-state index in [1.807, 2.05) is 21.1 Å². The zero-order valence-corrected chi connectivity index (χ0v) is 21.2. The van der Waals surface area contributed by atoms with Gasteiger partial charge in [-0.2, -0.15) is 0 Å². The molecule has 2 aliphatic rings. The molecule has 1 saturated heterocycles. The normalized spacial score (nSPS) is 21.4. The van der Waals surface area contributed by atoms with Gasteiger partial charge in [-0.3, -0.25) is 14.5 Å². The Labute approximate surface area is 202 Å². The van der Waals surface area contributed by atoms with Crippen LogP contribution >= 0.6 is 11.3 Å². The van der Waals surface area contributed by atoms with E-state index in [4.69, 9.17) is 0 Å². The number of benzene rings is 1. The van der Waals surface area contributed by atoms with Crippen molar-refractivity contribution < 1.29 is 9.59 Å². The molecule has 0 saturated carbocycles. The van der Waals surface area contributed by atoms with Crippen molar-refractivity contribution in [1.82, 2.24) is 14.7 Å². The highest BCUT2D eigenvalue weighted by Crippen LogP contribution is 2.38. The highest BCUT2D eigenvalue weighted by molar-refractivity contribution is 7.10. The Balaban J connectivity index is 1.40. The molecule has 2 atom stereocenters. The second-order valence-electron chi connectivity index (χ2n) is 9.97. The molecule has 0 unspecified atom stereocenters. The molecule has 0 N–H and O–H groups in total. The fourth-order valence-corrected chi connectivity index (χ4v) is 6.19. The number of carbonyl (C=O) groups excluding carboxylic acids is 2. The number of thiophene rings is 1. The van der Waals surface area contributed by atoms with Crippen molar-refractivity contribution in [1.29, 1.82) is 0 Å². The maximum atomic E-state index is 13.1. The Morgan fingerprint density at radius 1 is 1.06 bits per heavy atom. The van der Waals surface area contributed by atoms with Crippen LogP contribution in [0.15, 0.2) is 35.7 Å². The van der Waals surface area contributed by atoms with Crippen LogP contribution in [0, 0.1) is 12.8 Å². The summed E-state index contributed by atoms with van der Waals surface area (Å²) >= 11 is 1.85. The first-order valence-corrected chi connectivity index (χ1v) is 13.2. The summed E-state index contributed by atoms with van der Waals surface area (Å²) in [6.45, 7) is 12.1. The Hall–Kier alpha value is -2.18. The first kappa shape index (κ1) is 24.0. The molecule has 2 aromatic rings. The van der Waals surface area contributed by atoms with E-state index in [0.29, 0.717) is 38.4 Å². The molecule has 0 aliphatic carbocycles. The molecular formula is C27H37N3O2S. The molecule has 4 rings (SSSR count). The van der Waals surface area contributed by atoms with Crippen molar-refractivity contribution in [2.45, 2.75) is 59.0 Å². The van der Waals surface area contributed by atoms with Gasteiger partial charge in [-0.15, -0.1) is 11.3 Å². The Morgan fingerprint density at radius 3 is 2.58 bits per heavy atom. The van der Waals surface area contributed by atoms with E-state index >= 15 is 0 Å². The second-order valence-corrected chi connectivity index (χ2v) is 11.0. The molecule has 3 heterocycles. The summed E-state index contributed by atoms with van der Waals surface area (Å²) in [6, 6.07) is 11.2. The summed E-state index contributed by atoms with van der Waals surface area (Å²) in [5, 5.41) is 2.20. The zero-order valence-electron chi connectivity index (χ0n) is 20.4. The number of piperazine rings is 1. The zero-order chi connectivity index (χ0) is 23.5. The van der Waals surface area contributed by atoms with Crippen LogP contribution in [0.2, 0.25) is 0 Å². The van der Waals surface area contributed by atoms with Crippen LogP contribution in [-0.4, -0.2) is 65.3 Å². The molecule has 178 valence electrons. The fraction of sp³-hybridized carbons (Fsp3) is 0.556. The summed E-state index contributed by atoms with van der Waals surface area (Å²) in [5.74, 6) is 0.779. The summed E-state index contributed by atoms with van der Waals surface area (Å²) in [4.78, 5) is 33.6. The molecule has 0 radical (unpaired) electrons. The van der Waals surface area contributed by atoms with Crippen LogP contribution in [-0.2, 0) is 16.0 Å². The van der Waals surface area contributed by atoms with Gasteiger partial charge in [-0.25, -0.2) is 0 Å². The van der Waals surface area contributed by atoms with E-state index in [0.717, 1.165) is 19.5 Å². The predicted molar refractivity (Wildman–Crippen MR) is 134 cm³/mol. The molecular weight excluding hydrogens is 430 g/mol. The molecule has 5 nitrogen and oxygen atoms in total. The van der Waals surface area contributed by atoms with Gasteiger partial charge in [0.1, 0.15) is 0 Å². The topological polar surface area (TPSA) is 43.9 Å². The van der Waals surface area contributed by atoms with Crippen molar-refractivity contribution in [3.05, 3.63) is 57.3 Å². The van der Waals surface area contributed by atoms with Crippen molar-refractivity contribution in [2.24, 2.45) is 5.92 Å². The molecule has 1 aromatic carbocycles. The number of hydrogen-bond donors (Lipinski definition) is 0. The van der Waals surface area contributed by atoms with Gasteiger partial charge in [0, 0.05) is 56.5 Å². The summed E-state index contributed by atoms with van der Waals surface area (Å²) in [7, 11) is 0. The number of carbonyl (C=O) groups is 2. The highest BCUT2D eigenvalue weighted by Gasteiger charge is 2.33. The van der Waals surface area contributed by atoms with Gasteiger partial charge in [-0.1, -0.05) is 38.1 Å². The number of nitrogens with zero attached hydrogens (tertiary/aromatic N) is 3. The van der Waals surface area contributed by atoms with E-state index < -0.39 is 0 Å². The van der Waals surface area contributed by atoms with Gasteiger partial charge in [0.25, 0.3) is 0 Å². The third kappa shape index (κ3) is 5.33. The number of hydrogen-bond acceptors (Lipinski definition) is 4. The maximum Gasteiger partial charge on any atom is 0.223 e. The lowest BCUT2D eigenvalue weighted by Gasteiger charge is -2.41. The highest BCUT2D eigenvalue weighted by atomic mass is 32.1. The Morgan fingerprint density at radius 2 is 1.85 bits per heavy atom. The van der Waals surface area contributed by atoms with E-state index in [2.05, 4.69) is 68.3 Å². The monoisotopic (exact) mass is 467 g/mol. The minimum Gasteiger partial charge on any atom is -0.339 e. The first-order valence-electron chi connectivity index (χ1n) is 12.3. The number of aryl methyl sites for hydroxylation is 1. The Kier molecular flexibility index (Phi) is 7.55. The molecule has 2 aliphatic heterocycles. The molecule has 2 amide bonds. The third-order valence-corrected chi connectivity index (χ3v) is 8.04. The van der Waals surface area contributed by atoms with Gasteiger partial charge in [0.05, 0.1) is 6.04 Å². The van der Waals surface area contributed by atoms with E-state index in [9.17, 15) is 9.59 Å². The number of rotatable bonds is 6. The maximum absolute atomic E-state index is 13.1. The lowest BCUT2D eigenvalue weighted by Crippen LogP contribution is -2.55. The van der Waals surface area contributed by atoms with Crippen LogP contribution in [0.1, 0.15) is 61.2 Å². The van der Waals surface area contributed by atoms with Gasteiger partial charge in [0.2, 0.25) is 11.8 Å². The summed E-state index contributed by atoms with van der Waals surface area (Å²) in [6.07, 6.45) is 2.16. The summed E-state index contributed by atoms with van der Waals surface area (Å²) in [5.41, 5.74) is 4.04. The van der Waals surface area contributed by atoms with Gasteiger partial charge >= 0.3 is 0 Å². The number of fused-ring (bicyclic) bond motifs is 1. The molecule has 0 spiro atoms. The van der Waals surface area contributed by atoms with E-state index in [1.165, 1.54) is 21.6 Å². The van der Waals surface area contributed by atoms with Crippen molar-refractivity contribution >= 4 is 23.2 Å². The molecule has 1 aromatic heterocycles. The predicted octanol–water partition coefficient (Wildman–Crippen LogP) is 4.50. The third-order valence-electron chi connectivity index (χ3n) is 7.05. The molecule has 6 heteroatoms. The molecule has 1 fully saturated rings. The molecule has 0 bridgehead atoms. The standard InChI is InChI=1S/C27H37N3O2S/c1-19(2)17-26(32)30-15-14-29(18-21(30)4)25(31)10-13-28-12-9-24-23(11-16-33-24)27(28)22-8-6-5-7-20(22)3/h5-8,11,16,19,21,27H,9-10,12-15,17-18H2,1-4H3/t21-,27-/m1/s1. The van der Waals surface area contributed by atoms with Crippen molar-refractivity contribution in [3.8, 4) is 0 Å². The lowest BCUT2D eigenvalue weighted by molar-refractivity contribution is -0.143.